The molecule has 9 heteroatoms. The minimum absolute atomic E-state index is 0.0607. The molecule has 2 aromatic heterocycles. The van der Waals surface area contributed by atoms with Crippen molar-refractivity contribution in [3.05, 3.63) is 102 Å². The number of hydrogen-bond acceptors (Lipinski definition) is 3. The molecule has 0 saturated heterocycles. The molecular weight excluding hydrogens is 442 g/mol. The third-order valence-electron chi connectivity index (χ3n) is 4.49. The van der Waals surface area contributed by atoms with Crippen molar-refractivity contribution < 1.29 is 22.4 Å². The van der Waals surface area contributed by atoms with Crippen molar-refractivity contribution in [1.82, 2.24) is 9.55 Å². The molecule has 162 valence electrons. The first-order valence-electron chi connectivity index (χ1n) is 9.36. The third-order valence-corrected chi connectivity index (χ3v) is 5.59. The summed E-state index contributed by atoms with van der Waals surface area (Å²) in [5.74, 6) is -1.24. The first-order valence-corrected chi connectivity index (χ1v) is 10.2. The van der Waals surface area contributed by atoms with Crippen LogP contribution in [0.5, 0.6) is 0 Å². The Labute approximate surface area is 184 Å². The summed E-state index contributed by atoms with van der Waals surface area (Å²) in [7, 11) is 0. The zero-order valence-electron chi connectivity index (χ0n) is 16.3. The van der Waals surface area contributed by atoms with Gasteiger partial charge in [-0.25, -0.2) is 4.39 Å². The van der Waals surface area contributed by atoms with E-state index in [-0.39, 0.29) is 16.4 Å². The number of rotatable bonds is 5. The van der Waals surface area contributed by atoms with Gasteiger partial charge in [0.2, 0.25) is 0 Å². The van der Waals surface area contributed by atoms with Crippen LogP contribution in [0.15, 0.2) is 95.1 Å². The van der Waals surface area contributed by atoms with Crippen molar-refractivity contribution in [3.63, 3.8) is 0 Å². The van der Waals surface area contributed by atoms with Crippen LogP contribution in [0.4, 0.5) is 23.4 Å². The molecule has 0 aliphatic carbocycles. The van der Waals surface area contributed by atoms with E-state index in [0.717, 1.165) is 30.0 Å². The highest BCUT2D eigenvalue weighted by atomic mass is 32.2. The summed E-state index contributed by atoms with van der Waals surface area (Å²) < 4.78 is 56.4. The Morgan fingerprint density at radius 1 is 0.938 bits per heavy atom. The predicted octanol–water partition coefficient (Wildman–Crippen LogP) is 6.43. The Bertz CT molecular complexity index is 1220. The fourth-order valence-electron chi connectivity index (χ4n) is 3.03. The zero-order valence-corrected chi connectivity index (χ0v) is 17.1. The van der Waals surface area contributed by atoms with Gasteiger partial charge in [-0.05, 0) is 54.6 Å². The number of pyridine rings is 1. The second-order valence-corrected chi connectivity index (χ2v) is 7.73. The smallest absolute Gasteiger partial charge is 0.308 e. The van der Waals surface area contributed by atoms with Crippen LogP contribution in [0.1, 0.15) is 15.9 Å². The number of halogens is 4. The molecule has 4 rings (SSSR count). The number of nitrogens with zero attached hydrogens (tertiary/aromatic N) is 2. The molecule has 1 N–H and O–H groups in total. The molecular formula is C23H15F4N3OS. The van der Waals surface area contributed by atoms with Gasteiger partial charge in [-0.3, -0.25) is 14.3 Å². The second-order valence-electron chi connectivity index (χ2n) is 6.66. The first kappa shape index (κ1) is 21.6. The topological polar surface area (TPSA) is 46.9 Å². The number of anilines is 1. The fourth-order valence-corrected chi connectivity index (χ4v) is 4.09. The maximum absolute atomic E-state index is 14.0. The lowest BCUT2D eigenvalue weighted by Crippen LogP contribution is -2.15. The SMILES string of the molecule is O=C(Nc1cc(C(F)(F)F)c(Sc2ccncc2)n1-c1ccccc1)c1ccc(F)cc1. The van der Waals surface area contributed by atoms with Gasteiger partial charge >= 0.3 is 6.18 Å². The average molecular weight is 457 g/mol. The number of carbonyl (C=O) groups excluding carboxylic acids is 1. The van der Waals surface area contributed by atoms with Gasteiger partial charge in [-0.1, -0.05) is 30.0 Å². The lowest BCUT2D eigenvalue weighted by Gasteiger charge is -2.15. The third kappa shape index (κ3) is 4.67. The molecule has 32 heavy (non-hydrogen) atoms. The molecule has 2 heterocycles. The molecule has 4 aromatic rings. The number of benzene rings is 2. The van der Waals surface area contributed by atoms with Crippen LogP contribution in [0, 0.1) is 5.82 Å². The Kier molecular flexibility index (Phi) is 6.00. The van der Waals surface area contributed by atoms with Crippen LogP contribution < -0.4 is 5.32 Å². The molecule has 0 radical (unpaired) electrons. The number of nitrogens with one attached hydrogen (secondary N) is 1. The van der Waals surface area contributed by atoms with Crippen LogP contribution in [0.25, 0.3) is 5.69 Å². The number of carbonyl (C=O) groups is 1. The second kappa shape index (κ2) is 8.88. The lowest BCUT2D eigenvalue weighted by molar-refractivity contribution is -0.139. The summed E-state index contributed by atoms with van der Waals surface area (Å²) in [5, 5.41) is 2.43. The highest BCUT2D eigenvalue weighted by Crippen LogP contribution is 2.44. The van der Waals surface area contributed by atoms with E-state index in [4.69, 9.17) is 0 Å². The number of hydrogen-bond donors (Lipinski definition) is 1. The number of alkyl halides is 3. The van der Waals surface area contributed by atoms with E-state index in [0.29, 0.717) is 10.6 Å². The van der Waals surface area contributed by atoms with Gasteiger partial charge in [0.1, 0.15) is 11.6 Å². The molecule has 0 saturated carbocycles. The van der Waals surface area contributed by atoms with Gasteiger partial charge in [0.15, 0.2) is 0 Å². The Balaban J connectivity index is 1.85. The molecule has 1 amide bonds. The van der Waals surface area contributed by atoms with Crippen LogP contribution in [0.2, 0.25) is 0 Å². The van der Waals surface area contributed by atoms with Gasteiger partial charge in [0.25, 0.3) is 5.91 Å². The molecule has 0 bridgehead atoms. The first-order chi connectivity index (χ1) is 15.3. The van der Waals surface area contributed by atoms with E-state index in [1.807, 2.05) is 0 Å². The van der Waals surface area contributed by atoms with E-state index in [2.05, 4.69) is 10.3 Å². The fraction of sp³-hybridized carbons (Fsp3) is 0.0435. The van der Waals surface area contributed by atoms with E-state index in [1.165, 1.54) is 29.1 Å². The summed E-state index contributed by atoms with van der Waals surface area (Å²) in [6.07, 6.45) is -1.68. The van der Waals surface area contributed by atoms with E-state index < -0.39 is 23.5 Å². The van der Waals surface area contributed by atoms with Gasteiger partial charge < -0.3 is 5.32 Å². The van der Waals surface area contributed by atoms with Gasteiger partial charge in [-0.2, -0.15) is 13.2 Å². The van der Waals surface area contributed by atoms with Crippen molar-refractivity contribution in [2.75, 3.05) is 5.32 Å². The van der Waals surface area contributed by atoms with Crippen LogP contribution in [-0.2, 0) is 6.18 Å². The number of aromatic nitrogens is 2. The van der Waals surface area contributed by atoms with Crippen LogP contribution >= 0.6 is 11.8 Å². The summed E-state index contributed by atoms with van der Waals surface area (Å²) in [4.78, 5) is 17.1. The number of para-hydroxylation sites is 1. The normalized spacial score (nSPS) is 11.4. The molecule has 0 aliphatic heterocycles. The van der Waals surface area contributed by atoms with Crippen molar-refractivity contribution in [3.8, 4) is 5.69 Å². The lowest BCUT2D eigenvalue weighted by atomic mass is 10.2. The van der Waals surface area contributed by atoms with Gasteiger partial charge in [0.05, 0.1) is 10.6 Å². The number of amides is 1. The quantitative estimate of drug-likeness (QED) is 0.351. The molecule has 2 aromatic carbocycles. The van der Waals surface area contributed by atoms with E-state index >= 15 is 0 Å². The minimum atomic E-state index is -4.66. The monoisotopic (exact) mass is 457 g/mol. The highest BCUT2D eigenvalue weighted by molar-refractivity contribution is 7.99. The van der Waals surface area contributed by atoms with Crippen molar-refractivity contribution in [2.24, 2.45) is 0 Å². The Hall–Kier alpha value is -3.59. The standard InChI is InChI=1S/C23H15F4N3OS/c24-16-8-6-15(7-9-16)21(31)29-20-14-19(23(25,26)27)22(32-18-10-12-28-13-11-18)30(20)17-4-2-1-3-5-17/h1-14H,(H,29,31). The molecule has 0 fully saturated rings. The van der Waals surface area contributed by atoms with Crippen LogP contribution in [-0.4, -0.2) is 15.5 Å². The predicted molar refractivity (Wildman–Crippen MR) is 113 cm³/mol. The van der Waals surface area contributed by atoms with Crippen molar-refractivity contribution >= 4 is 23.5 Å². The zero-order chi connectivity index (χ0) is 22.7. The van der Waals surface area contributed by atoms with Crippen LogP contribution in [0.3, 0.4) is 0 Å². The van der Waals surface area contributed by atoms with E-state index in [1.54, 1.807) is 42.5 Å². The summed E-state index contributed by atoms with van der Waals surface area (Å²) in [6, 6.07) is 17.2. The Morgan fingerprint density at radius 2 is 1.59 bits per heavy atom. The van der Waals surface area contributed by atoms with Crippen molar-refractivity contribution in [2.45, 2.75) is 16.1 Å². The summed E-state index contributed by atoms with van der Waals surface area (Å²) in [6.45, 7) is 0. The Morgan fingerprint density at radius 3 is 2.22 bits per heavy atom. The summed E-state index contributed by atoms with van der Waals surface area (Å²) in [5.41, 5.74) is -0.337. The average Bonchev–Trinajstić information content (AvgIpc) is 3.13. The van der Waals surface area contributed by atoms with E-state index in [9.17, 15) is 22.4 Å². The maximum Gasteiger partial charge on any atom is 0.419 e. The molecule has 4 nitrogen and oxygen atoms in total. The summed E-state index contributed by atoms with van der Waals surface area (Å²) >= 11 is 0.910. The molecule has 0 aliphatic rings. The molecule has 0 unspecified atom stereocenters. The van der Waals surface area contributed by atoms with Gasteiger partial charge in [-0.15, -0.1) is 0 Å². The minimum Gasteiger partial charge on any atom is -0.308 e. The largest absolute Gasteiger partial charge is 0.419 e. The molecule has 0 spiro atoms. The van der Waals surface area contributed by atoms with Gasteiger partial charge in [0, 0.05) is 28.5 Å². The highest BCUT2D eigenvalue weighted by Gasteiger charge is 2.38. The van der Waals surface area contributed by atoms with Crippen molar-refractivity contribution in [1.29, 1.82) is 0 Å². The molecule has 0 atom stereocenters. The maximum atomic E-state index is 14.0.